The Morgan fingerprint density at radius 1 is 1.37 bits per heavy atom. The number of rotatable bonds is 4. The van der Waals surface area contributed by atoms with Crippen molar-refractivity contribution in [2.45, 2.75) is 13.1 Å². The van der Waals surface area contributed by atoms with Crippen molar-refractivity contribution >= 4 is 29.0 Å². The molecule has 0 fully saturated rings. The third-order valence-corrected chi connectivity index (χ3v) is 3.97. The van der Waals surface area contributed by atoms with Crippen LogP contribution in [0.1, 0.15) is 16.8 Å². The van der Waals surface area contributed by atoms with Gasteiger partial charge < -0.3 is 10.2 Å². The number of alkyl halides is 3. The fraction of sp³-hybridized carbons (Fsp3) is 0.235. The van der Waals surface area contributed by atoms with Gasteiger partial charge in [-0.1, -0.05) is 11.6 Å². The monoisotopic (exact) mass is 400 g/mol. The maximum absolute atomic E-state index is 13.1. The number of amides is 1. The molecule has 5 nitrogen and oxygen atoms in total. The molecule has 0 radical (unpaired) electrons. The Kier molecular flexibility index (Phi) is 5.91. The number of nitriles is 1. The fourth-order valence-corrected chi connectivity index (χ4v) is 2.55. The lowest BCUT2D eigenvalue weighted by Crippen LogP contribution is -2.32. The van der Waals surface area contributed by atoms with Crippen LogP contribution in [0.4, 0.5) is 29.1 Å². The summed E-state index contributed by atoms with van der Waals surface area (Å²) in [5.74, 6) is -1.51. The minimum absolute atomic E-state index is 0.00315. The van der Waals surface area contributed by atoms with E-state index in [0.29, 0.717) is 0 Å². The Bertz CT molecular complexity index is 924. The van der Waals surface area contributed by atoms with E-state index in [0.717, 1.165) is 23.1 Å². The second-order valence-electron chi connectivity index (χ2n) is 5.56. The van der Waals surface area contributed by atoms with Crippen LogP contribution in [0.5, 0.6) is 0 Å². The lowest BCUT2D eigenvalue weighted by Gasteiger charge is -2.20. The van der Waals surface area contributed by atoms with Crippen LogP contribution < -0.4 is 10.2 Å². The van der Waals surface area contributed by atoms with Gasteiger partial charge in [-0.15, -0.1) is 0 Å². The average molecular weight is 401 g/mol. The van der Waals surface area contributed by atoms with Gasteiger partial charge in [0.2, 0.25) is 5.91 Å². The van der Waals surface area contributed by atoms with E-state index in [1.54, 1.807) is 6.07 Å². The summed E-state index contributed by atoms with van der Waals surface area (Å²) in [5, 5.41) is 11.6. The number of nitrogens with one attached hydrogen (secondary N) is 1. The summed E-state index contributed by atoms with van der Waals surface area (Å²) in [4.78, 5) is 16.8. The highest BCUT2D eigenvalue weighted by atomic mass is 35.5. The summed E-state index contributed by atoms with van der Waals surface area (Å²) in [5.41, 5.74) is -0.981. The van der Waals surface area contributed by atoms with Gasteiger partial charge in [-0.25, -0.2) is 9.37 Å². The average Bonchev–Trinajstić information content (AvgIpc) is 2.57. The number of benzene rings is 1. The number of aromatic nitrogens is 1. The molecule has 0 bridgehead atoms. The number of pyridine rings is 1. The van der Waals surface area contributed by atoms with Gasteiger partial charge in [0.15, 0.2) is 0 Å². The minimum Gasteiger partial charge on any atom is -0.360 e. The molecule has 27 heavy (non-hydrogen) atoms. The van der Waals surface area contributed by atoms with Crippen LogP contribution in [-0.4, -0.2) is 24.5 Å². The summed E-state index contributed by atoms with van der Waals surface area (Å²) < 4.78 is 51.9. The lowest BCUT2D eigenvalue weighted by atomic mass is 10.1. The molecule has 0 spiro atoms. The summed E-state index contributed by atoms with van der Waals surface area (Å²) in [6.07, 6.45) is -4.70. The first-order valence-electron chi connectivity index (χ1n) is 7.49. The topological polar surface area (TPSA) is 69.0 Å². The van der Waals surface area contributed by atoms with Crippen LogP contribution in [0.3, 0.4) is 0 Å². The zero-order valence-electron chi connectivity index (χ0n) is 14.2. The van der Waals surface area contributed by atoms with E-state index < -0.39 is 30.1 Å². The standard InChI is InChI=1S/C17H13ClF4N4O/c1-9-5-14(17(20,21)22)25-16(11(9)7-23)24-8-15(27)26(2)13-4-3-10(19)6-12(13)18/h3-6H,8H2,1-2H3,(H,24,25). The first-order valence-corrected chi connectivity index (χ1v) is 7.86. The number of carbonyl (C=O) groups excluding carboxylic acids is 1. The molecular weight excluding hydrogens is 388 g/mol. The van der Waals surface area contributed by atoms with Crippen molar-refractivity contribution in [3.8, 4) is 6.07 Å². The number of hydrogen-bond acceptors (Lipinski definition) is 4. The largest absolute Gasteiger partial charge is 0.433 e. The van der Waals surface area contributed by atoms with E-state index in [-0.39, 0.29) is 27.7 Å². The van der Waals surface area contributed by atoms with Crippen molar-refractivity contribution in [3.63, 3.8) is 0 Å². The predicted molar refractivity (Wildman–Crippen MR) is 92.0 cm³/mol. The zero-order valence-corrected chi connectivity index (χ0v) is 14.9. The highest BCUT2D eigenvalue weighted by Crippen LogP contribution is 2.31. The molecule has 1 aromatic heterocycles. The third-order valence-electron chi connectivity index (χ3n) is 3.67. The van der Waals surface area contributed by atoms with Gasteiger partial charge in [0, 0.05) is 7.05 Å². The molecule has 0 aliphatic heterocycles. The lowest BCUT2D eigenvalue weighted by molar-refractivity contribution is -0.141. The Morgan fingerprint density at radius 3 is 2.59 bits per heavy atom. The van der Waals surface area contributed by atoms with Gasteiger partial charge in [0.05, 0.1) is 22.8 Å². The Balaban J connectivity index is 2.24. The Labute approximate surface area is 157 Å². The van der Waals surface area contributed by atoms with Crippen molar-refractivity contribution in [2.75, 3.05) is 23.8 Å². The quantitative estimate of drug-likeness (QED) is 0.783. The molecule has 0 unspecified atom stereocenters. The second kappa shape index (κ2) is 7.80. The third kappa shape index (κ3) is 4.65. The second-order valence-corrected chi connectivity index (χ2v) is 5.97. The molecular formula is C17H13ClF4N4O. The summed E-state index contributed by atoms with van der Waals surface area (Å²) >= 11 is 5.89. The summed E-state index contributed by atoms with van der Waals surface area (Å²) in [7, 11) is 1.37. The predicted octanol–water partition coefficient (Wildman–Crippen LogP) is 4.15. The highest BCUT2D eigenvalue weighted by molar-refractivity contribution is 6.33. The van der Waals surface area contributed by atoms with Gasteiger partial charge in [-0.2, -0.15) is 18.4 Å². The molecule has 2 aromatic rings. The summed E-state index contributed by atoms with van der Waals surface area (Å²) in [6.45, 7) is 0.888. The molecule has 0 atom stereocenters. The molecule has 0 aliphatic rings. The normalized spacial score (nSPS) is 11.0. The van der Waals surface area contributed by atoms with Gasteiger partial charge in [0.1, 0.15) is 23.4 Å². The first-order chi connectivity index (χ1) is 12.5. The van der Waals surface area contributed by atoms with Gasteiger partial charge >= 0.3 is 6.18 Å². The minimum atomic E-state index is -4.70. The SMILES string of the molecule is Cc1cc(C(F)(F)F)nc(NCC(=O)N(C)c2ccc(F)cc2Cl)c1C#N. The van der Waals surface area contributed by atoms with Gasteiger partial charge in [-0.05, 0) is 36.8 Å². The number of anilines is 2. The molecule has 2 rings (SSSR count). The molecule has 0 saturated heterocycles. The van der Waals surface area contributed by atoms with Crippen molar-refractivity contribution in [1.82, 2.24) is 4.98 Å². The summed E-state index contributed by atoms with van der Waals surface area (Å²) in [6, 6.07) is 5.96. The number of halogens is 5. The Morgan fingerprint density at radius 2 is 2.04 bits per heavy atom. The van der Waals surface area contributed by atoms with Crippen LogP contribution in [0, 0.1) is 24.1 Å². The smallest absolute Gasteiger partial charge is 0.360 e. The van der Waals surface area contributed by atoms with E-state index >= 15 is 0 Å². The molecule has 1 heterocycles. The van der Waals surface area contributed by atoms with E-state index in [2.05, 4.69) is 10.3 Å². The first kappa shape index (κ1) is 20.5. The van der Waals surface area contributed by atoms with E-state index in [9.17, 15) is 22.4 Å². The maximum Gasteiger partial charge on any atom is 0.433 e. The van der Waals surface area contributed by atoms with Crippen LogP contribution in [-0.2, 0) is 11.0 Å². The number of aryl methyl sites for hydroxylation is 1. The molecule has 10 heteroatoms. The molecule has 1 N–H and O–H groups in total. The molecule has 1 aromatic carbocycles. The number of carbonyl (C=O) groups is 1. The van der Waals surface area contributed by atoms with Crippen LogP contribution in [0.25, 0.3) is 0 Å². The molecule has 0 aliphatic carbocycles. The van der Waals surface area contributed by atoms with Crippen molar-refractivity contribution in [3.05, 3.63) is 51.9 Å². The van der Waals surface area contributed by atoms with Crippen molar-refractivity contribution < 1.29 is 22.4 Å². The van der Waals surface area contributed by atoms with Crippen LogP contribution in [0.2, 0.25) is 5.02 Å². The zero-order chi connectivity index (χ0) is 20.4. The van der Waals surface area contributed by atoms with E-state index in [1.807, 2.05) is 0 Å². The number of nitrogens with zero attached hydrogens (tertiary/aromatic N) is 3. The molecule has 1 amide bonds. The van der Waals surface area contributed by atoms with Crippen molar-refractivity contribution in [2.24, 2.45) is 0 Å². The van der Waals surface area contributed by atoms with Gasteiger partial charge in [-0.3, -0.25) is 4.79 Å². The Hall–Kier alpha value is -2.86. The number of hydrogen-bond donors (Lipinski definition) is 1. The van der Waals surface area contributed by atoms with Crippen molar-refractivity contribution in [1.29, 1.82) is 5.26 Å². The molecule has 0 saturated carbocycles. The maximum atomic E-state index is 13.1. The number of likely N-dealkylation sites (N-methyl/N-ethyl adjacent to an activating group) is 1. The fourth-order valence-electron chi connectivity index (χ4n) is 2.25. The van der Waals surface area contributed by atoms with Crippen LogP contribution >= 0.6 is 11.6 Å². The van der Waals surface area contributed by atoms with Crippen LogP contribution in [0.15, 0.2) is 24.3 Å². The van der Waals surface area contributed by atoms with E-state index in [1.165, 1.54) is 20.0 Å². The molecule has 142 valence electrons. The highest BCUT2D eigenvalue weighted by Gasteiger charge is 2.34. The van der Waals surface area contributed by atoms with Gasteiger partial charge in [0.25, 0.3) is 0 Å². The van der Waals surface area contributed by atoms with E-state index in [4.69, 9.17) is 16.9 Å².